The summed E-state index contributed by atoms with van der Waals surface area (Å²) in [5.74, 6) is -11.6. The molecule has 5 aromatic carbocycles. The Morgan fingerprint density at radius 2 is 0.669 bits per heavy atom. The van der Waals surface area contributed by atoms with Crippen LogP contribution in [0.25, 0.3) is 0 Å². The van der Waals surface area contributed by atoms with Crippen molar-refractivity contribution in [2.75, 3.05) is 35.5 Å². The number of carbonyl (C=O) groups excluding carboxylic acids is 6. The van der Waals surface area contributed by atoms with E-state index < -0.39 is 216 Å². The molecule has 0 aromatic heterocycles. The van der Waals surface area contributed by atoms with Crippen molar-refractivity contribution in [3.8, 4) is 0 Å². The summed E-state index contributed by atoms with van der Waals surface area (Å²) in [7, 11) is 2.75. The lowest BCUT2D eigenvalue weighted by Gasteiger charge is -2.38. The Morgan fingerprint density at radius 1 is 0.373 bits per heavy atom. The summed E-state index contributed by atoms with van der Waals surface area (Å²) in [6.07, 6.45) is -39.7. The lowest BCUT2D eigenvalue weighted by Crippen LogP contribution is -2.55. The summed E-state index contributed by atoms with van der Waals surface area (Å²) in [4.78, 5) is 86.4. The Morgan fingerprint density at radius 3 is 1.00 bits per heavy atom. The van der Waals surface area contributed by atoms with E-state index >= 15 is 70.7 Å². The van der Waals surface area contributed by atoms with Crippen LogP contribution in [0.15, 0.2) is 163 Å². The van der Waals surface area contributed by atoms with Gasteiger partial charge in [0.15, 0.2) is 0 Å². The highest BCUT2D eigenvalue weighted by molar-refractivity contribution is 5.91. The predicted octanol–water partition coefficient (Wildman–Crippen LogP) is 19.3. The quantitative estimate of drug-likeness (QED) is 0.0153. The number of unbranched alkanes of at least 4 members (excludes halogenated alkanes) is 11. The van der Waals surface area contributed by atoms with Crippen molar-refractivity contribution < 1.29 is 151 Å². The molecule has 1 saturated heterocycles. The van der Waals surface area contributed by atoms with Gasteiger partial charge in [-0.2, -0.15) is 65.9 Å². The lowest BCUT2D eigenvalue weighted by molar-refractivity contribution is -0.286. The highest BCUT2D eigenvalue weighted by Crippen LogP contribution is 2.50. The first-order valence-electron chi connectivity index (χ1n) is 38.8. The molecule has 0 amide bonds. The number of halogens is 15. The van der Waals surface area contributed by atoms with Gasteiger partial charge in [-0.05, 0) is 77.2 Å². The molecule has 13 atom stereocenters. The van der Waals surface area contributed by atoms with Gasteiger partial charge in [0.1, 0.15) is 36.6 Å². The van der Waals surface area contributed by atoms with E-state index in [0.29, 0.717) is 48.4 Å². The second kappa shape index (κ2) is 42.5. The van der Waals surface area contributed by atoms with Crippen molar-refractivity contribution in [2.24, 2.45) is 0 Å². The van der Waals surface area contributed by atoms with Crippen LogP contribution in [0, 0.1) is 0 Å². The highest BCUT2D eigenvalue weighted by Gasteiger charge is 2.69. The van der Waals surface area contributed by atoms with Crippen LogP contribution in [0.4, 0.5) is 65.9 Å². The Labute approximate surface area is 674 Å². The van der Waals surface area contributed by atoms with E-state index in [9.17, 15) is 24.0 Å². The maximum atomic E-state index is 16.0. The molecule has 0 N–H and O–H groups in total. The van der Waals surface area contributed by atoms with Gasteiger partial charge >= 0.3 is 66.7 Å². The summed E-state index contributed by atoms with van der Waals surface area (Å²) in [6.45, 7) is 3.53. The largest absolute Gasteiger partial charge is 0.460 e. The van der Waals surface area contributed by atoms with Gasteiger partial charge in [0.25, 0.3) is 28.0 Å². The first kappa shape index (κ1) is 96.5. The molecule has 2 aliphatic heterocycles. The van der Waals surface area contributed by atoms with Crippen LogP contribution in [-0.2, 0) is 114 Å². The van der Waals surface area contributed by atoms with Gasteiger partial charge in [0.05, 0.1) is 12.2 Å². The van der Waals surface area contributed by atoms with Crippen molar-refractivity contribution in [1.29, 1.82) is 0 Å². The molecule has 0 radical (unpaired) electrons. The summed E-state index contributed by atoms with van der Waals surface area (Å²) in [6, 6.07) is 27.0. The molecule has 118 heavy (non-hydrogen) atoms. The minimum absolute atomic E-state index is 0.0488. The molecule has 1 fully saturated rings. The summed E-state index contributed by atoms with van der Waals surface area (Å²) < 4.78 is 302. The third-order valence-corrected chi connectivity index (χ3v) is 21.3. The normalized spacial score (nSPS) is 19.4. The molecule has 0 saturated carbocycles. The minimum atomic E-state index is -5.76. The number of rotatable bonds is 46. The number of hydrogen-bond donors (Lipinski definition) is 0. The monoisotopic (exact) mass is 1690 g/mol. The molecule has 0 aliphatic carbocycles. The number of alkyl halides is 15. The zero-order valence-corrected chi connectivity index (χ0v) is 66.2. The zero-order valence-electron chi connectivity index (χ0n) is 66.2. The van der Waals surface area contributed by atoms with Gasteiger partial charge in [0, 0.05) is 81.8 Å². The van der Waals surface area contributed by atoms with E-state index in [1.165, 1.54) is 67.6 Å². The van der Waals surface area contributed by atoms with E-state index in [1.807, 2.05) is 6.92 Å². The molecule has 33 heteroatoms. The highest BCUT2D eigenvalue weighted by atomic mass is 19.4. The number of ether oxygens (including phenoxy) is 12. The summed E-state index contributed by atoms with van der Waals surface area (Å²) in [5.41, 5.74) is -23.8. The fourth-order valence-electron chi connectivity index (χ4n) is 15.0. The number of hydrogen-bond acceptors (Lipinski definition) is 18. The van der Waals surface area contributed by atoms with Crippen molar-refractivity contribution in [3.63, 3.8) is 0 Å². The SMILES string of the molecule is CCCCCCCCCCCCC(OC(=O)[C@@](OC)(c1ccccc1)C(F)(F)F)C(CC[C@H](OC(=O)[C@@](OC)(c1ccccc1)C(F)(F)F)[C@@H]1CC[C@@H](C[C@@H](CCCCC[C@H](CC2=C[C@H](C)OC2=O)OC(=O)[C@@](OC)(c2ccccc2)C(F)(F)F)OC(=O)[C@@](OC)(c2ccccc2)C(F)(F)F)O1)OC(=O)[C@@](OC)(c1ccccc1)C(F)(F)F. The smallest absolute Gasteiger partial charge is 0.432 e. The van der Waals surface area contributed by atoms with Gasteiger partial charge in [-0.15, -0.1) is 0 Å². The average molecular weight is 1690 g/mol. The van der Waals surface area contributed by atoms with Gasteiger partial charge < -0.3 is 56.8 Å². The van der Waals surface area contributed by atoms with Crippen LogP contribution in [0.2, 0.25) is 0 Å². The van der Waals surface area contributed by atoms with Crippen molar-refractivity contribution in [3.05, 3.63) is 191 Å². The third kappa shape index (κ3) is 22.3. The number of cyclic esters (lactones) is 1. The number of carbonyl (C=O) groups is 6. The van der Waals surface area contributed by atoms with Crippen molar-refractivity contribution in [1.82, 2.24) is 0 Å². The molecule has 2 heterocycles. The van der Waals surface area contributed by atoms with Crippen molar-refractivity contribution in [2.45, 2.75) is 263 Å². The Kier molecular flexibility index (Phi) is 34.8. The molecule has 0 spiro atoms. The summed E-state index contributed by atoms with van der Waals surface area (Å²) in [5, 5.41) is 0. The second-order valence-corrected chi connectivity index (χ2v) is 28.9. The van der Waals surface area contributed by atoms with Crippen molar-refractivity contribution >= 4 is 35.8 Å². The molecule has 652 valence electrons. The van der Waals surface area contributed by atoms with Crippen LogP contribution in [0.3, 0.4) is 0 Å². The van der Waals surface area contributed by atoms with Crippen LogP contribution >= 0.6 is 0 Å². The molecular weight excluding hydrogens is 1590 g/mol. The predicted molar refractivity (Wildman–Crippen MR) is 395 cm³/mol. The molecule has 18 nitrogen and oxygen atoms in total. The van der Waals surface area contributed by atoms with Gasteiger partial charge in [-0.25, -0.2) is 28.8 Å². The topological polar surface area (TPSA) is 213 Å². The van der Waals surface area contributed by atoms with E-state index in [0.717, 1.165) is 136 Å². The lowest BCUT2D eigenvalue weighted by atomic mass is 9.91. The maximum Gasteiger partial charge on any atom is 0.432 e. The first-order chi connectivity index (χ1) is 55.8. The number of methoxy groups -OCH3 is 5. The molecular formula is C85H99F15O18. The third-order valence-electron chi connectivity index (χ3n) is 21.3. The van der Waals surface area contributed by atoms with E-state index in [1.54, 1.807) is 0 Å². The first-order valence-corrected chi connectivity index (χ1v) is 38.8. The fraction of sp³-hybridized carbons (Fsp3) is 0.553. The van der Waals surface area contributed by atoms with Gasteiger partial charge in [-0.3, -0.25) is 0 Å². The Hall–Kier alpha value is -8.63. The summed E-state index contributed by atoms with van der Waals surface area (Å²) >= 11 is 0. The fourth-order valence-corrected chi connectivity index (χ4v) is 15.0. The van der Waals surface area contributed by atoms with Gasteiger partial charge in [0.2, 0.25) is 0 Å². The number of benzene rings is 5. The molecule has 5 aromatic rings. The number of esters is 6. The average Bonchev–Trinajstić information content (AvgIpc) is 0.910. The Balaban J connectivity index is 1.31. The van der Waals surface area contributed by atoms with E-state index in [-0.39, 0.29) is 50.5 Å². The van der Waals surface area contributed by atoms with Crippen LogP contribution in [0.5, 0.6) is 0 Å². The second-order valence-electron chi connectivity index (χ2n) is 28.9. The maximum absolute atomic E-state index is 16.0. The van der Waals surface area contributed by atoms with Crippen LogP contribution in [-0.4, -0.2) is 151 Å². The molecule has 2 unspecified atom stereocenters. The standard InChI is InChI=1S/C85H99F15O18/c1-8-9-10-11-12-13-14-15-16-35-48-66(116-73(104)78(109-5,83(92,93)94)60-40-27-19-28-41-60)68(117-74(105)79(110-6,84(95,96)97)61-42-29-20-30-43-61)51-52-69(118-75(106)80(111-7,85(98,99)100)62-44-31-21-32-45-62)67-50-49-65(113-67)55-64(115-72(103)77(108-4,82(89,90)91)59-38-25-18-26-39-59)47-34-22-33-46-63(54-57-53-56(2)112-70(57)101)114-71(102)76(107-3,81(86,87)88)58-36-23-17-24-37-58/h17-21,23-32,36-45,53,56,63-69H,8-16,22,33-35,46-52,54-55H2,1-7H3/t56-,63+,64+,65-,66?,67-,68?,69-,76-,77-,78-,79-,80-/m0/s1. The molecule has 2 aliphatic rings. The van der Waals surface area contributed by atoms with E-state index in [2.05, 4.69) is 0 Å². The minimum Gasteiger partial charge on any atom is -0.460 e. The molecule has 0 bridgehead atoms. The van der Waals surface area contributed by atoms with E-state index in [4.69, 9.17) is 56.8 Å². The van der Waals surface area contributed by atoms with Crippen LogP contribution < -0.4 is 0 Å². The molecule has 7 rings (SSSR count). The van der Waals surface area contributed by atoms with Gasteiger partial charge in [-0.1, -0.05) is 223 Å². The zero-order chi connectivity index (χ0) is 87.0. The van der Waals surface area contributed by atoms with Crippen LogP contribution in [0.1, 0.15) is 183 Å². The Bertz CT molecular complexity index is 4000.